The van der Waals surface area contributed by atoms with E-state index in [-0.39, 0.29) is 17.7 Å². The molecule has 2 bridgehead atoms. The van der Waals surface area contributed by atoms with Crippen LogP contribution in [0.4, 0.5) is 5.13 Å². The van der Waals surface area contributed by atoms with Gasteiger partial charge in [-0.3, -0.25) is 9.59 Å². The molecule has 1 aromatic heterocycles. The van der Waals surface area contributed by atoms with Crippen LogP contribution in [0.25, 0.3) is 0 Å². The van der Waals surface area contributed by atoms with Gasteiger partial charge < -0.3 is 15.8 Å². The predicted molar refractivity (Wildman–Crippen MR) is 144 cm³/mol. The molecule has 3 N–H and O–H groups in total. The number of hydrogen-bond acceptors (Lipinski definition) is 5. The van der Waals surface area contributed by atoms with E-state index in [0.29, 0.717) is 23.5 Å². The molecule has 3 unspecified atom stereocenters. The fraction of sp³-hybridized carbons (Fsp3) is 0.233. The zero-order valence-electron chi connectivity index (χ0n) is 20.7. The maximum atomic E-state index is 13.9. The van der Waals surface area contributed by atoms with Crippen molar-refractivity contribution in [3.63, 3.8) is 0 Å². The number of fused-ring (bicyclic) bond motifs is 1. The van der Waals surface area contributed by atoms with Gasteiger partial charge in [0, 0.05) is 29.2 Å². The highest BCUT2D eigenvalue weighted by Gasteiger charge is 2.55. The third-order valence-electron chi connectivity index (χ3n) is 7.85. The number of nitrogens with one attached hydrogen (secondary N) is 1. The van der Waals surface area contributed by atoms with Gasteiger partial charge in [0.2, 0.25) is 11.8 Å². The molecule has 3 aromatic carbocycles. The summed E-state index contributed by atoms with van der Waals surface area (Å²) in [6.45, 7) is 2.00. The summed E-state index contributed by atoms with van der Waals surface area (Å²) in [4.78, 5) is 31.1. The second kappa shape index (κ2) is 8.85. The fourth-order valence-electron chi connectivity index (χ4n) is 6.12. The number of ether oxygens (including phenoxy) is 1. The molecule has 6 nitrogen and oxygen atoms in total. The fourth-order valence-corrected chi connectivity index (χ4v) is 6.83. The van der Waals surface area contributed by atoms with E-state index in [9.17, 15) is 9.59 Å². The number of rotatable bonds is 6. The Labute approximate surface area is 219 Å². The van der Waals surface area contributed by atoms with Gasteiger partial charge in [0.05, 0.1) is 18.2 Å². The maximum Gasteiger partial charge on any atom is 0.249 e. The molecule has 0 fully saturated rings. The lowest BCUT2D eigenvalue weighted by atomic mass is 9.51. The predicted octanol–water partition coefficient (Wildman–Crippen LogP) is 5.47. The summed E-state index contributed by atoms with van der Waals surface area (Å²) < 4.78 is 5.23. The van der Waals surface area contributed by atoms with Crippen molar-refractivity contribution in [1.29, 1.82) is 0 Å². The van der Waals surface area contributed by atoms with Crippen LogP contribution < -0.4 is 15.8 Å². The highest BCUT2D eigenvalue weighted by atomic mass is 32.1. The minimum absolute atomic E-state index is 0.0215. The molecule has 1 heterocycles. The summed E-state index contributed by atoms with van der Waals surface area (Å²) in [6.07, 6.45) is 1.32. The van der Waals surface area contributed by atoms with Gasteiger partial charge in [0.25, 0.3) is 0 Å². The molecule has 186 valence electrons. The number of methoxy groups -OCH3 is 1. The number of amides is 2. The Hall–Kier alpha value is -3.97. The van der Waals surface area contributed by atoms with Crippen LogP contribution in [0, 0.1) is 5.41 Å². The molecule has 7 rings (SSSR count). The van der Waals surface area contributed by atoms with E-state index in [2.05, 4.69) is 23.5 Å². The maximum absolute atomic E-state index is 13.9. The number of primary amides is 1. The average molecular weight is 510 g/mol. The third kappa shape index (κ3) is 3.81. The van der Waals surface area contributed by atoms with E-state index in [1.807, 2.05) is 54.8 Å². The number of thiazole rings is 1. The van der Waals surface area contributed by atoms with Gasteiger partial charge in [0.15, 0.2) is 5.13 Å². The van der Waals surface area contributed by atoms with Crippen molar-refractivity contribution in [2.24, 2.45) is 11.1 Å². The van der Waals surface area contributed by atoms with Crippen molar-refractivity contribution in [3.05, 3.63) is 111 Å². The SMILES string of the molecule is COc1ccc(Cc2csc(NC(=O)C3(C)CC4c5ccccc5C3c3c(C(N)=O)cccc34)n2)cc1. The number of benzene rings is 3. The van der Waals surface area contributed by atoms with Gasteiger partial charge >= 0.3 is 0 Å². The molecule has 3 aliphatic carbocycles. The van der Waals surface area contributed by atoms with Gasteiger partial charge in [0.1, 0.15) is 5.75 Å². The minimum atomic E-state index is -0.764. The van der Waals surface area contributed by atoms with Crippen LogP contribution in [-0.2, 0) is 11.2 Å². The van der Waals surface area contributed by atoms with E-state index in [1.54, 1.807) is 13.2 Å². The van der Waals surface area contributed by atoms with Crippen LogP contribution in [0.3, 0.4) is 0 Å². The molecule has 7 heteroatoms. The molecule has 0 aliphatic heterocycles. The number of anilines is 1. The molecule has 0 saturated carbocycles. The van der Waals surface area contributed by atoms with Crippen molar-refractivity contribution in [3.8, 4) is 5.75 Å². The normalized spacial score (nSPS) is 21.1. The van der Waals surface area contributed by atoms with E-state index in [0.717, 1.165) is 33.7 Å². The summed E-state index contributed by atoms with van der Waals surface area (Å²) in [6, 6.07) is 21.9. The number of carbonyl (C=O) groups excluding carboxylic acids is 2. The summed E-state index contributed by atoms with van der Waals surface area (Å²) in [5.41, 5.74) is 11.9. The molecule has 3 aliphatic rings. The monoisotopic (exact) mass is 509 g/mol. The zero-order valence-corrected chi connectivity index (χ0v) is 21.5. The van der Waals surface area contributed by atoms with Crippen LogP contribution in [0.5, 0.6) is 5.75 Å². The second-order valence-electron chi connectivity index (χ2n) is 10.0. The van der Waals surface area contributed by atoms with Crippen LogP contribution in [0.1, 0.15) is 69.0 Å². The largest absolute Gasteiger partial charge is 0.497 e. The van der Waals surface area contributed by atoms with Crippen molar-refractivity contribution in [2.45, 2.75) is 31.6 Å². The Bertz CT molecular complexity index is 1530. The summed E-state index contributed by atoms with van der Waals surface area (Å²) >= 11 is 1.42. The van der Waals surface area contributed by atoms with Gasteiger partial charge in [-0.1, -0.05) is 48.5 Å². The Morgan fingerprint density at radius 2 is 1.78 bits per heavy atom. The topological polar surface area (TPSA) is 94.3 Å². The van der Waals surface area contributed by atoms with Crippen LogP contribution in [0.2, 0.25) is 0 Å². The third-order valence-corrected chi connectivity index (χ3v) is 8.66. The molecule has 4 aromatic rings. The molecule has 0 saturated heterocycles. The van der Waals surface area contributed by atoms with Gasteiger partial charge in [-0.05, 0) is 59.4 Å². The number of carbonyl (C=O) groups is 2. The highest BCUT2D eigenvalue weighted by molar-refractivity contribution is 7.13. The molecular weight excluding hydrogens is 482 g/mol. The summed E-state index contributed by atoms with van der Waals surface area (Å²) in [5, 5.41) is 5.66. The number of aromatic nitrogens is 1. The van der Waals surface area contributed by atoms with Crippen molar-refractivity contribution >= 4 is 28.3 Å². The van der Waals surface area contributed by atoms with E-state index < -0.39 is 11.3 Å². The zero-order chi connectivity index (χ0) is 25.7. The van der Waals surface area contributed by atoms with Crippen LogP contribution >= 0.6 is 11.3 Å². The lowest BCUT2D eigenvalue weighted by molar-refractivity contribution is -0.126. The summed E-state index contributed by atoms with van der Waals surface area (Å²) in [7, 11) is 1.65. The second-order valence-corrected chi connectivity index (χ2v) is 10.9. The first-order valence-corrected chi connectivity index (χ1v) is 13.2. The average Bonchev–Trinajstić information content (AvgIpc) is 3.35. The molecule has 3 atom stereocenters. The standard InChI is InChI=1S/C30H27N3O3S/c1-30(28(35)33-29-32-18(16-37-29)14-17-10-12-19(36-2)13-11-17)15-24-20-6-3-4-7-22(20)26(30)25-21(24)8-5-9-23(25)27(31)34/h3-13,16,24,26H,14-15H2,1-2H3,(H2,31,34)(H,32,33,35). The van der Waals surface area contributed by atoms with E-state index in [4.69, 9.17) is 15.5 Å². The first-order chi connectivity index (χ1) is 17.9. The smallest absolute Gasteiger partial charge is 0.249 e. The molecule has 37 heavy (non-hydrogen) atoms. The quantitative estimate of drug-likeness (QED) is 0.361. The van der Waals surface area contributed by atoms with Crippen molar-refractivity contribution in [2.75, 3.05) is 12.4 Å². The van der Waals surface area contributed by atoms with Crippen molar-refractivity contribution < 1.29 is 14.3 Å². The van der Waals surface area contributed by atoms with Gasteiger partial charge in [-0.25, -0.2) is 4.98 Å². The minimum Gasteiger partial charge on any atom is -0.497 e. The lowest BCUT2D eigenvalue weighted by Gasteiger charge is -2.51. The van der Waals surface area contributed by atoms with Gasteiger partial charge in [-0.2, -0.15) is 0 Å². The van der Waals surface area contributed by atoms with Crippen LogP contribution in [0.15, 0.2) is 72.1 Å². The Balaban J connectivity index is 1.31. The van der Waals surface area contributed by atoms with Gasteiger partial charge in [-0.15, -0.1) is 11.3 Å². The number of nitrogens with two attached hydrogens (primary N) is 1. The van der Waals surface area contributed by atoms with Crippen LogP contribution in [-0.4, -0.2) is 23.9 Å². The summed E-state index contributed by atoms with van der Waals surface area (Å²) in [5.74, 6) is 0.00645. The Morgan fingerprint density at radius 3 is 2.51 bits per heavy atom. The molecule has 2 amide bonds. The van der Waals surface area contributed by atoms with E-state index >= 15 is 0 Å². The Morgan fingerprint density at radius 1 is 1.05 bits per heavy atom. The Kier molecular flexibility index (Phi) is 5.60. The van der Waals surface area contributed by atoms with Crippen molar-refractivity contribution in [1.82, 2.24) is 4.98 Å². The highest BCUT2D eigenvalue weighted by Crippen LogP contribution is 2.61. The molecule has 0 spiro atoms. The molecular formula is C30H27N3O3S. The molecule has 0 radical (unpaired) electrons. The first-order valence-electron chi connectivity index (χ1n) is 12.3. The number of hydrogen-bond donors (Lipinski definition) is 2. The van der Waals surface area contributed by atoms with E-state index in [1.165, 1.54) is 16.9 Å². The lowest BCUT2D eigenvalue weighted by Crippen LogP contribution is -2.48. The first kappa shape index (κ1) is 23.4. The number of nitrogens with zero attached hydrogens (tertiary/aromatic N) is 1.